The number of methoxy groups -OCH3 is 1. The zero-order valence-corrected chi connectivity index (χ0v) is 12.6. The molecule has 1 amide bonds. The maximum absolute atomic E-state index is 12.1. The predicted molar refractivity (Wildman–Crippen MR) is 74.5 cm³/mol. The first kappa shape index (κ1) is 13.1. The third kappa shape index (κ3) is 2.41. The average molecular weight is 330 g/mol. The summed E-state index contributed by atoms with van der Waals surface area (Å²) in [5.41, 5.74) is 0.659. The lowest BCUT2D eigenvalue weighted by molar-refractivity contribution is 0.102. The monoisotopic (exact) mass is 329 g/mol. The number of aromatic nitrogens is 2. The number of carbonyl (C=O) groups is 1. The molecule has 0 aliphatic rings. The van der Waals surface area contributed by atoms with Gasteiger partial charge >= 0.3 is 0 Å². The zero-order chi connectivity index (χ0) is 13.3. The number of anilines is 1. The Kier molecular flexibility index (Phi) is 3.72. The van der Waals surface area contributed by atoms with Crippen molar-refractivity contribution >= 4 is 38.9 Å². The standard InChI is InChI=1S/C11H12BrN3O2S/c1-6-8(12)9(17-3)10(18-6)11(16)14-7-4-13-15(2)5-7/h4-5H,1-3H3,(H,14,16). The van der Waals surface area contributed by atoms with Gasteiger partial charge in [-0.05, 0) is 22.9 Å². The second kappa shape index (κ2) is 5.11. The van der Waals surface area contributed by atoms with Crippen LogP contribution in [0.2, 0.25) is 0 Å². The van der Waals surface area contributed by atoms with Crippen molar-refractivity contribution in [1.82, 2.24) is 9.78 Å². The molecule has 0 fully saturated rings. The van der Waals surface area contributed by atoms with Crippen LogP contribution in [0.5, 0.6) is 5.75 Å². The predicted octanol–water partition coefficient (Wildman–Crippen LogP) is 2.81. The quantitative estimate of drug-likeness (QED) is 0.941. The Morgan fingerprint density at radius 2 is 2.33 bits per heavy atom. The minimum atomic E-state index is -0.196. The first-order chi connectivity index (χ1) is 8.52. The number of nitrogens with one attached hydrogen (secondary N) is 1. The fourth-order valence-electron chi connectivity index (χ4n) is 1.51. The van der Waals surface area contributed by atoms with E-state index in [2.05, 4.69) is 26.3 Å². The molecule has 0 saturated carbocycles. The summed E-state index contributed by atoms with van der Waals surface area (Å²) in [4.78, 5) is 13.7. The van der Waals surface area contributed by atoms with Gasteiger partial charge < -0.3 is 10.1 Å². The van der Waals surface area contributed by atoms with E-state index in [1.165, 1.54) is 11.3 Å². The number of amides is 1. The van der Waals surface area contributed by atoms with Crippen molar-refractivity contribution in [3.05, 3.63) is 26.6 Å². The molecule has 96 valence electrons. The highest BCUT2D eigenvalue weighted by molar-refractivity contribution is 9.10. The molecule has 0 atom stereocenters. The molecule has 0 radical (unpaired) electrons. The van der Waals surface area contributed by atoms with Crippen molar-refractivity contribution in [3.8, 4) is 5.75 Å². The Hall–Kier alpha value is -1.34. The van der Waals surface area contributed by atoms with E-state index >= 15 is 0 Å². The molecule has 0 saturated heterocycles. The van der Waals surface area contributed by atoms with Crippen molar-refractivity contribution in [2.75, 3.05) is 12.4 Å². The van der Waals surface area contributed by atoms with Crippen LogP contribution in [0.15, 0.2) is 16.9 Å². The number of thiophene rings is 1. The number of aryl methyl sites for hydroxylation is 2. The largest absolute Gasteiger partial charge is 0.494 e. The normalized spacial score (nSPS) is 10.4. The zero-order valence-electron chi connectivity index (χ0n) is 10.2. The molecule has 2 heterocycles. The maximum atomic E-state index is 12.1. The van der Waals surface area contributed by atoms with Gasteiger partial charge in [-0.3, -0.25) is 9.48 Å². The molecular formula is C11H12BrN3O2S. The Morgan fingerprint density at radius 1 is 1.61 bits per heavy atom. The number of carbonyl (C=O) groups excluding carboxylic acids is 1. The van der Waals surface area contributed by atoms with Gasteiger partial charge in [0.15, 0.2) is 5.75 Å². The highest BCUT2D eigenvalue weighted by atomic mass is 79.9. The van der Waals surface area contributed by atoms with Crippen LogP contribution in [0.3, 0.4) is 0 Å². The number of nitrogens with zero attached hydrogens (tertiary/aromatic N) is 2. The minimum absolute atomic E-state index is 0.196. The number of hydrogen-bond acceptors (Lipinski definition) is 4. The molecule has 0 spiro atoms. The molecule has 2 aromatic heterocycles. The topological polar surface area (TPSA) is 56.1 Å². The lowest BCUT2D eigenvalue weighted by atomic mass is 10.3. The van der Waals surface area contributed by atoms with Gasteiger partial charge in [0.2, 0.25) is 0 Å². The molecule has 0 bridgehead atoms. The van der Waals surface area contributed by atoms with Crippen molar-refractivity contribution in [1.29, 1.82) is 0 Å². The molecule has 1 N–H and O–H groups in total. The summed E-state index contributed by atoms with van der Waals surface area (Å²) in [6.45, 7) is 1.93. The van der Waals surface area contributed by atoms with E-state index in [-0.39, 0.29) is 5.91 Å². The van der Waals surface area contributed by atoms with Crippen LogP contribution < -0.4 is 10.1 Å². The first-order valence-corrected chi connectivity index (χ1v) is 6.76. The summed E-state index contributed by atoms with van der Waals surface area (Å²) in [7, 11) is 3.34. The van der Waals surface area contributed by atoms with Gasteiger partial charge in [0, 0.05) is 18.1 Å². The van der Waals surface area contributed by atoms with E-state index in [1.54, 1.807) is 31.2 Å². The lowest BCUT2D eigenvalue weighted by Gasteiger charge is -2.03. The Bertz CT molecular complexity index is 591. The number of halogens is 1. The van der Waals surface area contributed by atoms with Crippen LogP contribution in [-0.2, 0) is 7.05 Å². The molecule has 18 heavy (non-hydrogen) atoms. The number of hydrogen-bond donors (Lipinski definition) is 1. The molecule has 0 unspecified atom stereocenters. The molecular weight excluding hydrogens is 318 g/mol. The summed E-state index contributed by atoms with van der Waals surface area (Å²) >= 11 is 4.80. The molecule has 0 aromatic carbocycles. The summed E-state index contributed by atoms with van der Waals surface area (Å²) in [6, 6.07) is 0. The summed E-state index contributed by atoms with van der Waals surface area (Å²) in [6.07, 6.45) is 3.33. The smallest absolute Gasteiger partial charge is 0.269 e. The highest BCUT2D eigenvalue weighted by Crippen LogP contribution is 2.39. The van der Waals surface area contributed by atoms with E-state index in [0.29, 0.717) is 16.3 Å². The number of rotatable bonds is 3. The summed E-state index contributed by atoms with van der Waals surface area (Å²) in [5, 5.41) is 6.78. The van der Waals surface area contributed by atoms with Gasteiger partial charge in [-0.25, -0.2) is 0 Å². The SMILES string of the molecule is COc1c(C(=O)Nc2cnn(C)c2)sc(C)c1Br. The minimum Gasteiger partial charge on any atom is -0.494 e. The van der Waals surface area contributed by atoms with E-state index < -0.39 is 0 Å². The molecule has 2 rings (SSSR count). The van der Waals surface area contributed by atoms with Crippen molar-refractivity contribution in [3.63, 3.8) is 0 Å². The molecule has 0 aliphatic carbocycles. The van der Waals surface area contributed by atoms with Gasteiger partial charge in [0.1, 0.15) is 4.88 Å². The molecule has 7 heteroatoms. The Labute approximate surface area is 117 Å². The second-order valence-corrected chi connectivity index (χ2v) is 5.71. The third-order valence-electron chi connectivity index (χ3n) is 2.34. The summed E-state index contributed by atoms with van der Waals surface area (Å²) < 4.78 is 7.70. The van der Waals surface area contributed by atoms with Gasteiger partial charge in [-0.15, -0.1) is 11.3 Å². The van der Waals surface area contributed by atoms with Gasteiger partial charge in [0.05, 0.1) is 23.5 Å². The van der Waals surface area contributed by atoms with Crippen molar-refractivity contribution in [2.45, 2.75) is 6.92 Å². The van der Waals surface area contributed by atoms with E-state index in [0.717, 1.165) is 9.35 Å². The average Bonchev–Trinajstić information content (AvgIpc) is 2.85. The molecule has 0 aliphatic heterocycles. The van der Waals surface area contributed by atoms with Crippen LogP contribution >= 0.6 is 27.3 Å². The second-order valence-electron chi connectivity index (χ2n) is 3.69. The van der Waals surface area contributed by atoms with Gasteiger partial charge in [-0.2, -0.15) is 5.10 Å². The lowest BCUT2D eigenvalue weighted by Crippen LogP contribution is -2.10. The van der Waals surface area contributed by atoms with E-state index in [9.17, 15) is 4.79 Å². The fraction of sp³-hybridized carbons (Fsp3) is 0.273. The van der Waals surface area contributed by atoms with Crippen LogP contribution in [0.1, 0.15) is 14.5 Å². The van der Waals surface area contributed by atoms with Crippen molar-refractivity contribution < 1.29 is 9.53 Å². The van der Waals surface area contributed by atoms with E-state index in [4.69, 9.17) is 4.74 Å². The fourth-order valence-corrected chi connectivity index (χ4v) is 3.15. The number of ether oxygens (including phenoxy) is 1. The van der Waals surface area contributed by atoms with Gasteiger partial charge in [-0.1, -0.05) is 0 Å². The third-order valence-corrected chi connectivity index (χ3v) is 4.65. The van der Waals surface area contributed by atoms with Crippen LogP contribution in [-0.4, -0.2) is 22.8 Å². The van der Waals surface area contributed by atoms with Crippen LogP contribution in [0.25, 0.3) is 0 Å². The first-order valence-electron chi connectivity index (χ1n) is 5.15. The van der Waals surface area contributed by atoms with Crippen LogP contribution in [0.4, 0.5) is 5.69 Å². The summed E-state index contributed by atoms with van der Waals surface area (Å²) in [5.74, 6) is 0.373. The Balaban J connectivity index is 2.26. The molecule has 5 nitrogen and oxygen atoms in total. The van der Waals surface area contributed by atoms with E-state index in [1.807, 2.05) is 6.92 Å². The Morgan fingerprint density at radius 3 is 2.89 bits per heavy atom. The highest BCUT2D eigenvalue weighted by Gasteiger charge is 2.20. The molecule has 2 aromatic rings. The maximum Gasteiger partial charge on any atom is 0.269 e. The van der Waals surface area contributed by atoms with Crippen LogP contribution in [0, 0.1) is 6.92 Å². The van der Waals surface area contributed by atoms with Crippen molar-refractivity contribution in [2.24, 2.45) is 7.05 Å². The van der Waals surface area contributed by atoms with Gasteiger partial charge in [0.25, 0.3) is 5.91 Å².